The van der Waals surface area contributed by atoms with Crippen LogP contribution in [0.3, 0.4) is 0 Å². The van der Waals surface area contributed by atoms with Gasteiger partial charge in [0.05, 0.1) is 6.10 Å². The average Bonchev–Trinajstić information content (AvgIpc) is 3.18. The summed E-state index contributed by atoms with van der Waals surface area (Å²) in [4.78, 5) is 16.3. The maximum atomic E-state index is 12.0. The molecule has 1 aliphatic heterocycles. The van der Waals surface area contributed by atoms with Gasteiger partial charge in [-0.15, -0.1) is 0 Å². The van der Waals surface area contributed by atoms with Crippen LogP contribution in [0.25, 0.3) is 0 Å². The van der Waals surface area contributed by atoms with Crippen LogP contribution in [-0.2, 0) is 9.53 Å². The van der Waals surface area contributed by atoms with E-state index in [1.54, 1.807) is 6.92 Å². The first-order valence-corrected chi connectivity index (χ1v) is 8.94. The van der Waals surface area contributed by atoms with E-state index < -0.39 is 6.10 Å². The highest BCUT2D eigenvalue weighted by Gasteiger charge is 2.36. The number of carbonyl (C=O) groups excluding carboxylic acids is 1. The van der Waals surface area contributed by atoms with Gasteiger partial charge in [-0.2, -0.15) is 4.98 Å². The lowest BCUT2D eigenvalue weighted by atomic mass is 9.95. The van der Waals surface area contributed by atoms with E-state index >= 15 is 0 Å². The molecule has 0 unspecified atom stereocenters. The molecular formula is C17H27N3O4. The number of aromatic nitrogens is 2. The Morgan fingerprint density at radius 2 is 2.12 bits per heavy atom. The summed E-state index contributed by atoms with van der Waals surface area (Å²) in [5, 5.41) is 17.0. The number of nitrogens with zero attached hydrogens (tertiary/aromatic N) is 2. The van der Waals surface area contributed by atoms with Crippen molar-refractivity contribution in [1.82, 2.24) is 15.5 Å². The van der Waals surface area contributed by atoms with Gasteiger partial charge in [0.1, 0.15) is 0 Å². The molecule has 3 atom stereocenters. The summed E-state index contributed by atoms with van der Waals surface area (Å²) in [5.41, 5.74) is 0. The number of rotatable bonds is 6. The first-order chi connectivity index (χ1) is 11.6. The van der Waals surface area contributed by atoms with Crippen molar-refractivity contribution < 1.29 is 19.2 Å². The summed E-state index contributed by atoms with van der Waals surface area (Å²) < 4.78 is 10.5. The van der Waals surface area contributed by atoms with E-state index in [2.05, 4.69) is 15.5 Å². The van der Waals surface area contributed by atoms with E-state index in [0.29, 0.717) is 37.0 Å². The molecule has 0 bridgehead atoms. The van der Waals surface area contributed by atoms with Crippen molar-refractivity contribution >= 4 is 5.91 Å². The second-order valence-corrected chi connectivity index (χ2v) is 7.07. The number of hydrogen-bond acceptors (Lipinski definition) is 6. The maximum absolute atomic E-state index is 12.0. The Hall–Kier alpha value is -1.47. The molecule has 3 rings (SSSR count). The summed E-state index contributed by atoms with van der Waals surface area (Å²) in [6.45, 7) is 3.93. The van der Waals surface area contributed by atoms with Crippen LogP contribution in [0.15, 0.2) is 4.52 Å². The molecule has 0 radical (unpaired) electrons. The minimum Gasteiger partial charge on any atom is -0.393 e. The summed E-state index contributed by atoms with van der Waals surface area (Å²) in [6.07, 6.45) is 4.54. The van der Waals surface area contributed by atoms with Gasteiger partial charge in [0.25, 0.3) is 0 Å². The van der Waals surface area contributed by atoms with Gasteiger partial charge in [0.15, 0.2) is 5.82 Å². The van der Waals surface area contributed by atoms with Crippen LogP contribution in [-0.4, -0.2) is 47.0 Å². The van der Waals surface area contributed by atoms with Gasteiger partial charge in [0, 0.05) is 38.0 Å². The highest BCUT2D eigenvalue weighted by atomic mass is 16.5. The highest BCUT2D eigenvalue weighted by Crippen LogP contribution is 2.37. The minimum absolute atomic E-state index is 0.0502. The van der Waals surface area contributed by atoms with Gasteiger partial charge >= 0.3 is 0 Å². The molecule has 1 aliphatic carbocycles. The number of nitrogens with one attached hydrogen (secondary N) is 1. The molecule has 24 heavy (non-hydrogen) atoms. The van der Waals surface area contributed by atoms with Crippen LogP contribution in [0.1, 0.15) is 56.2 Å². The Morgan fingerprint density at radius 3 is 2.83 bits per heavy atom. The van der Waals surface area contributed by atoms with E-state index in [-0.39, 0.29) is 17.7 Å². The molecule has 2 aliphatic rings. The molecule has 1 aromatic heterocycles. The lowest BCUT2D eigenvalue weighted by molar-refractivity contribution is -0.121. The van der Waals surface area contributed by atoms with Crippen LogP contribution in [0.2, 0.25) is 0 Å². The van der Waals surface area contributed by atoms with E-state index in [9.17, 15) is 9.90 Å². The molecule has 0 spiro atoms. The molecule has 1 saturated carbocycles. The SMILES string of the molecule is Cc1noc([C@H]2C[C@H](CNC(=O)CCC3CCOCC3)[C@H](O)C2)n1. The lowest BCUT2D eigenvalue weighted by Crippen LogP contribution is -2.32. The standard InChI is InChI=1S/C17H27N3O4/c1-11-19-17(24-20-11)13-8-14(15(21)9-13)10-18-16(22)3-2-12-4-6-23-7-5-12/h12-15,21H,2-10H2,1H3,(H,18,22)/t13-,14+,15+/m0/s1. The van der Waals surface area contributed by atoms with E-state index in [1.165, 1.54) is 0 Å². The largest absolute Gasteiger partial charge is 0.393 e. The second-order valence-electron chi connectivity index (χ2n) is 7.07. The fourth-order valence-corrected chi connectivity index (χ4v) is 3.71. The van der Waals surface area contributed by atoms with Crippen molar-refractivity contribution in [2.24, 2.45) is 11.8 Å². The Morgan fingerprint density at radius 1 is 1.33 bits per heavy atom. The van der Waals surface area contributed by atoms with E-state index in [0.717, 1.165) is 38.9 Å². The molecule has 2 heterocycles. The van der Waals surface area contributed by atoms with Crippen LogP contribution < -0.4 is 5.32 Å². The van der Waals surface area contributed by atoms with Crippen LogP contribution in [0.5, 0.6) is 0 Å². The minimum atomic E-state index is -0.432. The molecule has 7 nitrogen and oxygen atoms in total. The Kier molecular flexibility index (Phi) is 5.84. The Balaban J connectivity index is 1.38. The molecule has 2 N–H and O–H groups in total. The van der Waals surface area contributed by atoms with Crippen molar-refractivity contribution in [3.8, 4) is 0 Å². The Bertz CT molecular complexity index is 542. The molecule has 1 saturated heterocycles. The number of aliphatic hydroxyl groups excluding tert-OH is 1. The lowest BCUT2D eigenvalue weighted by Gasteiger charge is -2.21. The highest BCUT2D eigenvalue weighted by molar-refractivity contribution is 5.75. The molecule has 134 valence electrons. The monoisotopic (exact) mass is 337 g/mol. The summed E-state index contributed by atoms with van der Waals surface area (Å²) in [7, 11) is 0. The number of amides is 1. The molecular weight excluding hydrogens is 310 g/mol. The number of aliphatic hydroxyl groups is 1. The third kappa shape index (κ3) is 4.54. The first kappa shape index (κ1) is 17.4. The van der Waals surface area contributed by atoms with Crippen LogP contribution in [0.4, 0.5) is 0 Å². The van der Waals surface area contributed by atoms with Gasteiger partial charge in [-0.1, -0.05) is 5.16 Å². The zero-order chi connectivity index (χ0) is 16.9. The van der Waals surface area contributed by atoms with Gasteiger partial charge in [-0.3, -0.25) is 4.79 Å². The number of carbonyl (C=O) groups is 1. The van der Waals surface area contributed by atoms with Crippen molar-refractivity contribution in [3.63, 3.8) is 0 Å². The van der Waals surface area contributed by atoms with E-state index in [1.807, 2.05) is 0 Å². The van der Waals surface area contributed by atoms with E-state index in [4.69, 9.17) is 9.26 Å². The zero-order valence-electron chi connectivity index (χ0n) is 14.2. The second kappa shape index (κ2) is 8.07. The number of aryl methyl sites for hydroxylation is 1. The third-order valence-corrected chi connectivity index (χ3v) is 5.23. The quantitative estimate of drug-likeness (QED) is 0.817. The Labute approximate surface area is 142 Å². The smallest absolute Gasteiger partial charge is 0.229 e. The summed E-state index contributed by atoms with van der Waals surface area (Å²) in [6, 6.07) is 0. The van der Waals surface area contributed by atoms with Crippen LogP contribution >= 0.6 is 0 Å². The van der Waals surface area contributed by atoms with Crippen LogP contribution in [0, 0.1) is 18.8 Å². The predicted octanol–water partition coefficient (Wildman–Crippen LogP) is 1.56. The molecule has 1 amide bonds. The summed E-state index contributed by atoms with van der Waals surface area (Å²) >= 11 is 0. The fraction of sp³-hybridized carbons (Fsp3) is 0.824. The third-order valence-electron chi connectivity index (χ3n) is 5.23. The number of ether oxygens (including phenoxy) is 1. The molecule has 0 aromatic carbocycles. The zero-order valence-corrected chi connectivity index (χ0v) is 14.2. The fourth-order valence-electron chi connectivity index (χ4n) is 3.71. The van der Waals surface area contributed by atoms with Gasteiger partial charge in [0.2, 0.25) is 11.8 Å². The molecule has 7 heteroatoms. The molecule has 1 aromatic rings. The van der Waals surface area contributed by atoms with Crippen molar-refractivity contribution in [2.75, 3.05) is 19.8 Å². The topological polar surface area (TPSA) is 97.5 Å². The summed E-state index contributed by atoms with van der Waals surface area (Å²) in [5.74, 6) is 2.03. The average molecular weight is 337 g/mol. The first-order valence-electron chi connectivity index (χ1n) is 8.94. The van der Waals surface area contributed by atoms with Crippen molar-refractivity contribution in [3.05, 3.63) is 11.7 Å². The maximum Gasteiger partial charge on any atom is 0.229 e. The number of hydrogen-bond donors (Lipinski definition) is 2. The van der Waals surface area contributed by atoms with Gasteiger partial charge < -0.3 is 19.7 Å². The van der Waals surface area contributed by atoms with Crippen molar-refractivity contribution in [2.45, 2.75) is 57.5 Å². The van der Waals surface area contributed by atoms with Gasteiger partial charge in [-0.05, 0) is 44.9 Å². The van der Waals surface area contributed by atoms with Gasteiger partial charge in [-0.25, -0.2) is 0 Å². The van der Waals surface area contributed by atoms with Crippen molar-refractivity contribution in [1.29, 1.82) is 0 Å². The predicted molar refractivity (Wildman–Crippen MR) is 86.3 cm³/mol. The normalized spacial score (nSPS) is 28.2. The molecule has 2 fully saturated rings.